The first-order chi connectivity index (χ1) is 13.7. The standard InChI is InChI=1S/C21H24N4O3/c1-27-16-6-8-17(9-7-16)28-15-14-24-10-12-25(13-11-24)21(26)20-22-18-4-2-3-5-19(18)23-20/h2-9H,10-15H2,1H3,(H,22,23). The van der Waals surface area contributed by atoms with Crippen molar-refractivity contribution in [2.24, 2.45) is 0 Å². The first-order valence-corrected chi connectivity index (χ1v) is 9.46. The molecule has 1 N–H and O–H groups in total. The Kier molecular flexibility index (Phi) is 5.43. The molecule has 7 heteroatoms. The van der Waals surface area contributed by atoms with Gasteiger partial charge >= 0.3 is 0 Å². The molecule has 1 aromatic heterocycles. The largest absolute Gasteiger partial charge is 0.497 e. The second-order valence-corrected chi connectivity index (χ2v) is 6.76. The maximum absolute atomic E-state index is 12.7. The van der Waals surface area contributed by atoms with Crippen LogP contribution in [0.1, 0.15) is 10.6 Å². The van der Waals surface area contributed by atoms with E-state index in [0.717, 1.165) is 42.2 Å². The third kappa shape index (κ3) is 4.09. The van der Waals surface area contributed by atoms with E-state index in [0.29, 0.717) is 25.5 Å². The van der Waals surface area contributed by atoms with Crippen LogP contribution in [-0.4, -0.2) is 72.1 Å². The van der Waals surface area contributed by atoms with Crippen LogP contribution in [-0.2, 0) is 0 Å². The number of H-pyrrole nitrogens is 1. The molecule has 3 aromatic rings. The highest BCUT2D eigenvalue weighted by Gasteiger charge is 2.24. The van der Waals surface area contributed by atoms with Gasteiger partial charge in [0.25, 0.3) is 5.91 Å². The molecule has 28 heavy (non-hydrogen) atoms. The van der Waals surface area contributed by atoms with Crippen molar-refractivity contribution in [1.82, 2.24) is 19.8 Å². The number of imidazole rings is 1. The van der Waals surface area contributed by atoms with E-state index in [4.69, 9.17) is 9.47 Å². The number of nitrogens with zero attached hydrogens (tertiary/aromatic N) is 3. The van der Waals surface area contributed by atoms with Crippen LogP contribution in [0.2, 0.25) is 0 Å². The maximum Gasteiger partial charge on any atom is 0.289 e. The zero-order valence-corrected chi connectivity index (χ0v) is 15.9. The van der Waals surface area contributed by atoms with E-state index in [1.165, 1.54) is 0 Å². The number of hydrogen-bond acceptors (Lipinski definition) is 5. The van der Waals surface area contributed by atoms with E-state index < -0.39 is 0 Å². The number of piperazine rings is 1. The summed E-state index contributed by atoms with van der Waals surface area (Å²) in [5.41, 5.74) is 1.71. The summed E-state index contributed by atoms with van der Waals surface area (Å²) >= 11 is 0. The Hall–Kier alpha value is -3.06. The Morgan fingerprint density at radius 1 is 1.04 bits per heavy atom. The molecule has 1 aliphatic rings. The number of carbonyl (C=O) groups excluding carboxylic acids is 1. The smallest absolute Gasteiger partial charge is 0.289 e. The highest BCUT2D eigenvalue weighted by atomic mass is 16.5. The van der Waals surface area contributed by atoms with Crippen LogP contribution in [0.5, 0.6) is 11.5 Å². The number of aromatic amines is 1. The van der Waals surface area contributed by atoms with Gasteiger partial charge in [-0.3, -0.25) is 9.69 Å². The molecule has 1 aliphatic heterocycles. The molecule has 0 bridgehead atoms. The predicted molar refractivity (Wildman–Crippen MR) is 107 cm³/mol. The number of hydrogen-bond donors (Lipinski definition) is 1. The summed E-state index contributed by atoms with van der Waals surface area (Å²) in [4.78, 5) is 24.4. The zero-order chi connectivity index (χ0) is 19.3. The predicted octanol–water partition coefficient (Wildman–Crippen LogP) is 2.41. The third-order valence-electron chi connectivity index (χ3n) is 4.99. The molecule has 1 amide bonds. The summed E-state index contributed by atoms with van der Waals surface area (Å²) in [6.07, 6.45) is 0. The average Bonchev–Trinajstić information content (AvgIpc) is 3.18. The number of carbonyl (C=O) groups is 1. The minimum Gasteiger partial charge on any atom is -0.497 e. The monoisotopic (exact) mass is 380 g/mol. The van der Waals surface area contributed by atoms with Crippen LogP contribution >= 0.6 is 0 Å². The van der Waals surface area contributed by atoms with E-state index in [9.17, 15) is 4.79 Å². The first-order valence-electron chi connectivity index (χ1n) is 9.46. The van der Waals surface area contributed by atoms with Crippen molar-refractivity contribution in [3.05, 3.63) is 54.4 Å². The number of fused-ring (bicyclic) bond motifs is 1. The van der Waals surface area contributed by atoms with Crippen LogP contribution in [0, 0.1) is 0 Å². The molecule has 0 aliphatic carbocycles. The minimum absolute atomic E-state index is 0.0367. The first kappa shape index (κ1) is 18.3. The number of ether oxygens (including phenoxy) is 2. The van der Waals surface area contributed by atoms with Gasteiger partial charge in [-0.05, 0) is 36.4 Å². The van der Waals surface area contributed by atoms with Gasteiger partial charge in [0.15, 0.2) is 5.82 Å². The lowest BCUT2D eigenvalue weighted by Crippen LogP contribution is -2.49. The van der Waals surface area contributed by atoms with E-state index >= 15 is 0 Å². The van der Waals surface area contributed by atoms with Gasteiger partial charge in [0.2, 0.25) is 0 Å². The van der Waals surface area contributed by atoms with Gasteiger partial charge in [0, 0.05) is 32.7 Å². The Balaban J connectivity index is 1.24. The van der Waals surface area contributed by atoms with Crippen LogP contribution in [0.3, 0.4) is 0 Å². The van der Waals surface area contributed by atoms with Gasteiger partial charge in [-0.2, -0.15) is 0 Å². The molecule has 2 heterocycles. The molecular formula is C21H24N4O3. The summed E-state index contributed by atoms with van der Waals surface area (Å²) in [6, 6.07) is 15.3. The van der Waals surface area contributed by atoms with Gasteiger partial charge in [-0.15, -0.1) is 0 Å². The van der Waals surface area contributed by atoms with Gasteiger partial charge in [0.1, 0.15) is 18.1 Å². The van der Waals surface area contributed by atoms with Crippen molar-refractivity contribution in [3.63, 3.8) is 0 Å². The summed E-state index contributed by atoms with van der Waals surface area (Å²) in [5, 5.41) is 0. The molecule has 4 rings (SSSR count). The zero-order valence-electron chi connectivity index (χ0n) is 15.9. The molecule has 1 saturated heterocycles. The molecule has 2 aromatic carbocycles. The second kappa shape index (κ2) is 8.31. The van der Waals surface area contributed by atoms with Crippen molar-refractivity contribution < 1.29 is 14.3 Å². The van der Waals surface area contributed by atoms with E-state index in [1.54, 1.807) is 7.11 Å². The number of benzene rings is 2. The Labute approximate surface area is 163 Å². The Bertz CT molecular complexity index is 897. The average molecular weight is 380 g/mol. The van der Waals surface area contributed by atoms with Crippen molar-refractivity contribution in [3.8, 4) is 11.5 Å². The topological polar surface area (TPSA) is 70.7 Å². The summed E-state index contributed by atoms with van der Waals surface area (Å²) in [5.74, 6) is 2.03. The third-order valence-corrected chi connectivity index (χ3v) is 4.99. The van der Waals surface area contributed by atoms with Crippen LogP contribution in [0.25, 0.3) is 11.0 Å². The number of amides is 1. The van der Waals surface area contributed by atoms with Gasteiger partial charge in [-0.25, -0.2) is 4.98 Å². The lowest BCUT2D eigenvalue weighted by atomic mass is 10.3. The lowest BCUT2D eigenvalue weighted by Gasteiger charge is -2.34. The second-order valence-electron chi connectivity index (χ2n) is 6.76. The fourth-order valence-corrected chi connectivity index (χ4v) is 3.34. The summed E-state index contributed by atoms with van der Waals surface area (Å²) in [6.45, 7) is 4.50. The van der Waals surface area contributed by atoms with Crippen LogP contribution < -0.4 is 9.47 Å². The molecule has 0 unspecified atom stereocenters. The van der Waals surface area contributed by atoms with E-state index in [-0.39, 0.29) is 5.91 Å². The van der Waals surface area contributed by atoms with Crippen LogP contribution in [0.15, 0.2) is 48.5 Å². The van der Waals surface area contributed by atoms with Gasteiger partial charge in [-0.1, -0.05) is 12.1 Å². The quantitative estimate of drug-likeness (QED) is 0.711. The number of methoxy groups -OCH3 is 1. The van der Waals surface area contributed by atoms with E-state index in [2.05, 4.69) is 14.9 Å². The van der Waals surface area contributed by atoms with Crippen molar-refractivity contribution in [2.75, 3.05) is 46.4 Å². The molecule has 146 valence electrons. The van der Waals surface area contributed by atoms with Gasteiger partial charge in [0.05, 0.1) is 18.1 Å². The number of para-hydroxylation sites is 2. The van der Waals surface area contributed by atoms with E-state index in [1.807, 2.05) is 53.4 Å². The molecule has 0 radical (unpaired) electrons. The number of aromatic nitrogens is 2. The van der Waals surface area contributed by atoms with Crippen molar-refractivity contribution in [1.29, 1.82) is 0 Å². The number of nitrogens with one attached hydrogen (secondary N) is 1. The minimum atomic E-state index is -0.0367. The molecule has 0 spiro atoms. The Morgan fingerprint density at radius 2 is 1.75 bits per heavy atom. The maximum atomic E-state index is 12.7. The molecule has 0 atom stereocenters. The number of rotatable bonds is 6. The highest BCUT2D eigenvalue weighted by molar-refractivity contribution is 5.94. The molecular weight excluding hydrogens is 356 g/mol. The highest BCUT2D eigenvalue weighted by Crippen LogP contribution is 2.17. The summed E-state index contributed by atoms with van der Waals surface area (Å²) < 4.78 is 10.9. The summed E-state index contributed by atoms with van der Waals surface area (Å²) in [7, 11) is 1.65. The fourth-order valence-electron chi connectivity index (χ4n) is 3.34. The van der Waals surface area contributed by atoms with Gasteiger partial charge < -0.3 is 19.4 Å². The van der Waals surface area contributed by atoms with Crippen molar-refractivity contribution >= 4 is 16.9 Å². The Morgan fingerprint density at radius 3 is 2.46 bits per heavy atom. The normalized spacial score (nSPS) is 15.0. The molecule has 1 fully saturated rings. The molecule has 0 saturated carbocycles. The lowest BCUT2D eigenvalue weighted by molar-refractivity contribution is 0.0610. The SMILES string of the molecule is COc1ccc(OCCN2CCN(C(=O)c3nc4ccccc4[nH]3)CC2)cc1. The van der Waals surface area contributed by atoms with Crippen LogP contribution in [0.4, 0.5) is 0 Å². The molecule has 7 nitrogen and oxygen atoms in total. The fraction of sp³-hybridized carbons (Fsp3) is 0.333. The van der Waals surface area contributed by atoms with Crippen molar-refractivity contribution in [2.45, 2.75) is 0 Å².